The molecule has 0 aliphatic carbocycles. The molecule has 0 amide bonds. The van der Waals surface area contributed by atoms with Gasteiger partial charge in [-0.1, -0.05) is 23.2 Å². The van der Waals surface area contributed by atoms with Crippen LogP contribution in [0.1, 0.15) is 15.9 Å². The third kappa shape index (κ3) is 2.19. The summed E-state index contributed by atoms with van der Waals surface area (Å²) in [5.41, 5.74) is 0.480. The van der Waals surface area contributed by atoms with Gasteiger partial charge in [-0.2, -0.15) is 5.26 Å². The first-order valence-corrected chi connectivity index (χ1v) is 4.87. The lowest BCUT2D eigenvalue weighted by Gasteiger charge is -2.02. The van der Waals surface area contributed by atoms with Gasteiger partial charge in [-0.15, -0.1) is 11.6 Å². The predicted molar refractivity (Wildman–Crippen MR) is 56.2 cm³/mol. The summed E-state index contributed by atoms with van der Waals surface area (Å²) in [6.45, 7) is 0. The van der Waals surface area contributed by atoms with Crippen LogP contribution in [0, 0.1) is 11.3 Å². The van der Waals surface area contributed by atoms with Gasteiger partial charge in [0.2, 0.25) is 0 Å². The molecule has 0 saturated heterocycles. The Kier molecular flexibility index (Phi) is 3.77. The van der Waals surface area contributed by atoms with E-state index in [0.717, 1.165) is 0 Å². The van der Waals surface area contributed by atoms with Gasteiger partial charge in [-0.3, -0.25) is 4.79 Å². The summed E-state index contributed by atoms with van der Waals surface area (Å²) in [7, 11) is 0. The second kappa shape index (κ2) is 4.65. The molecule has 72 valence electrons. The molecule has 0 aliphatic heterocycles. The zero-order chi connectivity index (χ0) is 10.7. The fraction of sp³-hybridized carbons (Fsp3) is 0.111. The van der Waals surface area contributed by atoms with E-state index in [9.17, 15) is 4.79 Å². The summed E-state index contributed by atoms with van der Waals surface area (Å²) in [5, 5.41) is 8.98. The van der Waals surface area contributed by atoms with Crippen LogP contribution in [0.25, 0.3) is 0 Å². The number of carbonyl (C=O) groups excluding carboxylic acids is 1. The smallest absolute Gasteiger partial charge is 0.177 e. The van der Waals surface area contributed by atoms with Crippen LogP contribution in [-0.4, -0.2) is 11.7 Å². The molecule has 1 aromatic carbocycles. The van der Waals surface area contributed by atoms with E-state index in [-0.39, 0.29) is 27.3 Å². The largest absolute Gasteiger partial charge is 0.293 e. The zero-order valence-corrected chi connectivity index (χ0v) is 9.12. The Balaban J connectivity index is 3.29. The second-order valence-corrected chi connectivity index (χ2v) is 3.57. The van der Waals surface area contributed by atoms with E-state index in [1.165, 1.54) is 12.1 Å². The van der Waals surface area contributed by atoms with Crippen LogP contribution in [0.3, 0.4) is 0 Å². The Labute approximate surface area is 96.0 Å². The summed E-state index contributed by atoms with van der Waals surface area (Å²) in [5.74, 6) is -0.418. The summed E-state index contributed by atoms with van der Waals surface area (Å²) in [6, 6.07) is 4.61. The van der Waals surface area contributed by atoms with Crippen LogP contribution in [0.2, 0.25) is 10.0 Å². The van der Waals surface area contributed by atoms with Crippen molar-refractivity contribution in [3.8, 4) is 6.07 Å². The maximum atomic E-state index is 11.2. The van der Waals surface area contributed by atoms with Crippen LogP contribution in [0.15, 0.2) is 12.1 Å². The van der Waals surface area contributed by atoms with Crippen molar-refractivity contribution in [1.29, 1.82) is 5.26 Å². The number of alkyl halides is 1. The third-order valence-corrected chi connectivity index (χ3v) is 2.44. The standard InChI is InChI=1S/C9H4Cl3NO/c10-3-9(14)5-1-7(11)6(4-13)8(12)2-5/h1-2H,3H2. The van der Waals surface area contributed by atoms with Crippen molar-refractivity contribution in [2.45, 2.75) is 0 Å². The molecule has 2 nitrogen and oxygen atoms in total. The van der Waals surface area contributed by atoms with Crippen molar-refractivity contribution in [2.24, 2.45) is 0 Å². The topological polar surface area (TPSA) is 40.9 Å². The molecule has 14 heavy (non-hydrogen) atoms. The molecule has 1 aromatic rings. The lowest BCUT2D eigenvalue weighted by atomic mass is 10.1. The Hall–Kier alpha value is -0.750. The fourth-order valence-corrected chi connectivity index (χ4v) is 1.64. The number of ketones is 1. The Morgan fingerprint density at radius 2 is 1.86 bits per heavy atom. The lowest BCUT2D eigenvalue weighted by molar-refractivity contribution is 0.102. The van der Waals surface area contributed by atoms with E-state index < -0.39 is 0 Å². The molecule has 1 rings (SSSR count). The lowest BCUT2D eigenvalue weighted by Crippen LogP contribution is -2.00. The minimum Gasteiger partial charge on any atom is -0.293 e. The number of nitriles is 1. The van der Waals surface area contributed by atoms with Crippen LogP contribution < -0.4 is 0 Å². The summed E-state index contributed by atoms with van der Waals surface area (Å²) >= 11 is 16.8. The molecule has 0 saturated carbocycles. The molecule has 0 fully saturated rings. The van der Waals surface area contributed by atoms with Gasteiger partial charge in [0.25, 0.3) is 0 Å². The number of carbonyl (C=O) groups is 1. The van der Waals surface area contributed by atoms with Gasteiger partial charge in [0, 0.05) is 5.56 Å². The minimum atomic E-state index is -0.278. The van der Waals surface area contributed by atoms with Crippen molar-refractivity contribution in [3.05, 3.63) is 33.3 Å². The van der Waals surface area contributed by atoms with E-state index >= 15 is 0 Å². The van der Waals surface area contributed by atoms with Crippen molar-refractivity contribution in [3.63, 3.8) is 0 Å². The fourth-order valence-electron chi connectivity index (χ4n) is 0.918. The van der Waals surface area contributed by atoms with Crippen LogP contribution in [-0.2, 0) is 0 Å². The van der Waals surface area contributed by atoms with Gasteiger partial charge in [0.1, 0.15) is 6.07 Å². The van der Waals surface area contributed by atoms with Gasteiger partial charge in [-0.05, 0) is 12.1 Å². The van der Waals surface area contributed by atoms with Gasteiger partial charge in [0.15, 0.2) is 5.78 Å². The summed E-state index contributed by atoms with van der Waals surface area (Å²) < 4.78 is 0. The van der Waals surface area contributed by atoms with Crippen LogP contribution >= 0.6 is 34.8 Å². The van der Waals surface area contributed by atoms with Crippen molar-refractivity contribution >= 4 is 40.6 Å². The van der Waals surface area contributed by atoms with E-state index in [2.05, 4.69) is 0 Å². The molecule has 0 bridgehead atoms. The third-order valence-electron chi connectivity index (χ3n) is 1.60. The second-order valence-electron chi connectivity index (χ2n) is 2.48. The van der Waals surface area contributed by atoms with E-state index in [4.69, 9.17) is 40.1 Å². The van der Waals surface area contributed by atoms with Crippen LogP contribution in [0.5, 0.6) is 0 Å². The minimum absolute atomic E-state index is 0.140. The number of benzene rings is 1. The van der Waals surface area contributed by atoms with Gasteiger partial charge in [0.05, 0.1) is 21.5 Å². The molecule has 0 atom stereocenters. The van der Waals surface area contributed by atoms with E-state index in [1.807, 2.05) is 6.07 Å². The highest BCUT2D eigenvalue weighted by Gasteiger charge is 2.11. The molecular formula is C9H4Cl3NO. The maximum Gasteiger partial charge on any atom is 0.177 e. The first-order chi connectivity index (χ1) is 6.60. The molecule has 0 N–H and O–H groups in total. The van der Waals surface area contributed by atoms with Gasteiger partial charge >= 0.3 is 0 Å². The average molecular weight is 248 g/mol. The first kappa shape index (κ1) is 11.3. The first-order valence-electron chi connectivity index (χ1n) is 3.58. The van der Waals surface area contributed by atoms with Crippen molar-refractivity contribution in [1.82, 2.24) is 0 Å². The van der Waals surface area contributed by atoms with Crippen LogP contribution in [0.4, 0.5) is 0 Å². The SMILES string of the molecule is N#Cc1c(Cl)cc(C(=O)CCl)cc1Cl. The highest BCUT2D eigenvalue weighted by atomic mass is 35.5. The molecular weight excluding hydrogens is 244 g/mol. The molecule has 0 aliphatic rings. The van der Waals surface area contributed by atoms with E-state index in [1.54, 1.807) is 0 Å². The average Bonchev–Trinajstić information content (AvgIpc) is 2.16. The maximum absolute atomic E-state index is 11.2. The predicted octanol–water partition coefficient (Wildman–Crippen LogP) is 3.29. The number of rotatable bonds is 2. The normalized spacial score (nSPS) is 9.57. The molecule has 0 radical (unpaired) electrons. The Morgan fingerprint density at radius 1 is 1.36 bits per heavy atom. The highest BCUT2D eigenvalue weighted by Crippen LogP contribution is 2.26. The zero-order valence-electron chi connectivity index (χ0n) is 6.85. The molecule has 0 unspecified atom stereocenters. The van der Waals surface area contributed by atoms with Gasteiger partial charge in [-0.25, -0.2) is 0 Å². The van der Waals surface area contributed by atoms with Crippen molar-refractivity contribution < 1.29 is 4.79 Å². The summed E-state index contributed by atoms with van der Waals surface area (Å²) in [4.78, 5) is 11.2. The monoisotopic (exact) mass is 247 g/mol. The van der Waals surface area contributed by atoms with E-state index in [0.29, 0.717) is 5.56 Å². The van der Waals surface area contributed by atoms with Gasteiger partial charge < -0.3 is 0 Å². The summed E-state index contributed by atoms with van der Waals surface area (Å²) in [6.07, 6.45) is 0. The quantitative estimate of drug-likeness (QED) is 0.595. The Bertz CT molecular complexity index is 400. The molecule has 0 heterocycles. The Morgan fingerprint density at radius 3 is 2.21 bits per heavy atom. The number of hydrogen-bond donors (Lipinski definition) is 0. The van der Waals surface area contributed by atoms with Crippen molar-refractivity contribution in [2.75, 3.05) is 5.88 Å². The molecule has 5 heteroatoms. The molecule has 0 spiro atoms. The highest BCUT2D eigenvalue weighted by molar-refractivity contribution is 6.38. The molecule has 0 aromatic heterocycles. The number of Topliss-reactive ketones (excluding diaryl/α,β-unsaturated/α-hetero) is 1. The number of hydrogen-bond acceptors (Lipinski definition) is 2. The number of nitrogens with zero attached hydrogens (tertiary/aromatic N) is 1. The number of halogens is 3.